The van der Waals surface area contributed by atoms with Crippen LogP contribution in [0.3, 0.4) is 0 Å². The average Bonchev–Trinajstić information content (AvgIpc) is 2.63. The zero-order chi connectivity index (χ0) is 26.5. The first-order valence-corrected chi connectivity index (χ1v) is 7.72. The minimum Gasteiger partial charge on any atom is -0.462 e. The molecule has 188 valence electrons. The molecule has 0 N–H and O–H groups in total. The van der Waals surface area contributed by atoms with Crippen LogP contribution in [-0.2, 0) is 19.1 Å². The molecule has 33 heavy (non-hydrogen) atoms. The molecule has 0 bridgehead atoms. The van der Waals surface area contributed by atoms with E-state index in [0.29, 0.717) is 12.3 Å². The molecule has 0 aliphatic rings. The van der Waals surface area contributed by atoms with Crippen LogP contribution in [0.2, 0.25) is 0 Å². The standard InChI is InChI=1S/C16H9F13O4/c1-2-32-9(30)5-3-4-6-10(31)33-8-7-11(17,18)12(19,20)13(21,22)14(23,24)15(25,26)16(27,28)29/h2,4,6H,1,7-8H2/b6-4+. The second kappa shape index (κ2) is 9.91. The van der Waals surface area contributed by atoms with Gasteiger partial charge in [-0.15, -0.1) is 0 Å². The van der Waals surface area contributed by atoms with Gasteiger partial charge in [0.25, 0.3) is 0 Å². The number of carbonyl (C=O) groups excluding carboxylic acids is 2. The molecule has 0 aliphatic heterocycles. The summed E-state index contributed by atoms with van der Waals surface area (Å²) in [5, 5.41) is 0. The van der Waals surface area contributed by atoms with Gasteiger partial charge >= 0.3 is 47.7 Å². The van der Waals surface area contributed by atoms with Gasteiger partial charge in [-0.2, -0.15) is 57.1 Å². The van der Waals surface area contributed by atoms with Crippen LogP contribution in [-0.4, -0.2) is 54.3 Å². The van der Waals surface area contributed by atoms with Crippen molar-refractivity contribution in [2.24, 2.45) is 0 Å². The van der Waals surface area contributed by atoms with Crippen LogP contribution in [0.25, 0.3) is 0 Å². The van der Waals surface area contributed by atoms with Crippen molar-refractivity contribution < 1.29 is 76.1 Å². The van der Waals surface area contributed by atoms with E-state index < -0.39 is 60.8 Å². The molecule has 0 unspecified atom stereocenters. The normalized spacial score (nSPS) is 13.8. The van der Waals surface area contributed by atoms with Crippen molar-refractivity contribution in [3.63, 3.8) is 0 Å². The van der Waals surface area contributed by atoms with Gasteiger partial charge in [0, 0.05) is 12.0 Å². The summed E-state index contributed by atoms with van der Waals surface area (Å²) >= 11 is 0. The van der Waals surface area contributed by atoms with Crippen molar-refractivity contribution in [1.29, 1.82) is 0 Å². The largest absolute Gasteiger partial charge is 0.462 e. The summed E-state index contributed by atoms with van der Waals surface area (Å²) in [4.78, 5) is 21.9. The summed E-state index contributed by atoms with van der Waals surface area (Å²) in [7, 11) is 0. The molecule has 0 atom stereocenters. The molecule has 0 radical (unpaired) electrons. The second-order valence-corrected chi connectivity index (χ2v) is 5.59. The third-order valence-corrected chi connectivity index (χ3v) is 3.33. The fraction of sp³-hybridized carbons (Fsp3) is 0.500. The van der Waals surface area contributed by atoms with Gasteiger partial charge in [-0.1, -0.05) is 12.5 Å². The van der Waals surface area contributed by atoms with E-state index in [1.807, 2.05) is 5.92 Å². The van der Waals surface area contributed by atoms with Crippen LogP contribution in [0.4, 0.5) is 57.1 Å². The van der Waals surface area contributed by atoms with Gasteiger partial charge < -0.3 is 9.47 Å². The van der Waals surface area contributed by atoms with E-state index >= 15 is 0 Å². The van der Waals surface area contributed by atoms with Crippen molar-refractivity contribution in [1.82, 2.24) is 0 Å². The lowest BCUT2D eigenvalue weighted by atomic mass is 9.93. The van der Waals surface area contributed by atoms with Gasteiger partial charge in [-0.25, -0.2) is 9.59 Å². The Balaban J connectivity index is 5.43. The zero-order valence-electron chi connectivity index (χ0n) is 15.4. The van der Waals surface area contributed by atoms with E-state index in [0.717, 1.165) is 0 Å². The van der Waals surface area contributed by atoms with Gasteiger partial charge in [0.2, 0.25) is 0 Å². The maximum absolute atomic E-state index is 13.5. The number of halogens is 13. The fourth-order valence-corrected chi connectivity index (χ4v) is 1.60. The predicted octanol–water partition coefficient (Wildman–Crippen LogP) is 4.90. The van der Waals surface area contributed by atoms with Crippen LogP contribution < -0.4 is 0 Å². The van der Waals surface area contributed by atoms with Crippen molar-refractivity contribution >= 4 is 11.9 Å². The molecule has 0 heterocycles. The molecule has 0 spiro atoms. The molecule has 0 amide bonds. The Morgan fingerprint density at radius 3 is 1.73 bits per heavy atom. The topological polar surface area (TPSA) is 52.6 Å². The van der Waals surface area contributed by atoms with Gasteiger partial charge in [0.05, 0.1) is 19.3 Å². The number of carbonyl (C=O) groups is 2. The number of hydrogen-bond donors (Lipinski definition) is 0. The molecule has 17 heteroatoms. The van der Waals surface area contributed by atoms with Crippen LogP contribution >= 0.6 is 0 Å². The first-order chi connectivity index (χ1) is 14.6. The van der Waals surface area contributed by atoms with Crippen LogP contribution in [0.15, 0.2) is 25.0 Å². The molecule has 0 aromatic carbocycles. The third-order valence-electron chi connectivity index (χ3n) is 3.33. The molecule has 0 aromatic rings. The summed E-state index contributed by atoms with van der Waals surface area (Å²) in [5.41, 5.74) is 0. The van der Waals surface area contributed by atoms with E-state index in [2.05, 4.69) is 16.1 Å². The quantitative estimate of drug-likeness (QED) is 0.110. The van der Waals surface area contributed by atoms with Crippen LogP contribution in [0.5, 0.6) is 0 Å². The monoisotopic (exact) mass is 512 g/mol. The van der Waals surface area contributed by atoms with E-state index in [4.69, 9.17) is 0 Å². The molecule has 4 nitrogen and oxygen atoms in total. The van der Waals surface area contributed by atoms with Gasteiger partial charge in [0.15, 0.2) is 0 Å². The van der Waals surface area contributed by atoms with Gasteiger partial charge in [-0.05, 0) is 6.08 Å². The van der Waals surface area contributed by atoms with Crippen molar-refractivity contribution in [3.8, 4) is 11.8 Å². The highest BCUT2D eigenvalue weighted by molar-refractivity contribution is 5.89. The number of alkyl halides is 13. The average molecular weight is 512 g/mol. The van der Waals surface area contributed by atoms with Crippen molar-refractivity contribution in [2.75, 3.05) is 6.61 Å². The minimum atomic E-state index is -8.00. The summed E-state index contributed by atoms with van der Waals surface area (Å²) in [5.74, 6) is -36.9. The number of rotatable bonds is 9. The SMILES string of the molecule is C=COC(=O)C#C/C=C/C(=O)OCCC(F)(F)C(F)(F)C(F)(F)C(F)(F)C(F)(F)C(F)(F)F. The van der Waals surface area contributed by atoms with E-state index in [1.165, 1.54) is 0 Å². The molecular weight excluding hydrogens is 503 g/mol. The molecule has 0 rings (SSSR count). The summed E-state index contributed by atoms with van der Waals surface area (Å²) in [6, 6.07) is 0. The van der Waals surface area contributed by atoms with Crippen molar-refractivity contribution in [2.45, 2.75) is 42.2 Å². The predicted molar refractivity (Wildman–Crippen MR) is 79.6 cm³/mol. The molecule has 0 saturated heterocycles. The highest BCUT2D eigenvalue weighted by Gasteiger charge is 2.90. The number of esters is 2. The smallest absolute Gasteiger partial charge is 0.460 e. The Hall–Kier alpha value is -2.93. The van der Waals surface area contributed by atoms with Gasteiger partial charge in [0.1, 0.15) is 0 Å². The van der Waals surface area contributed by atoms with Gasteiger partial charge in [-0.3, -0.25) is 0 Å². The third kappa shape index (κ3) is 6.11. The number of ether oxygens (including phenoxy) is 2. The molecule has 0 saturated carbocycles. The lowest BCUT2D eigenvalue weighted by Gasteiger charge is -2.39. The lowest BCUT2D eigenvalue weighted by molar-refractivity contribution is -0.440. The summed E-state index contributed by atoms with van der Waals surface area (Å²) < 4.78 is 175. The van der Waals surface area contributed by atoms with E-state index in [1.54, 1.807) is 5.92 Å². The van der Waals surface area contributed by atoms with Crippen molar-refractivity contribution in [3.05, 3.63) is 25.0 Å². The molecule has 0 fully saturated rings. The van der Waals surface area contributed by atoms with Crippen LogP contribution in [0.1, 0.15) is 6.42 Å². The fourth-order valence-electron chi connectivity index (χ4n) is 1.60. The Kier molecular flexibility index (Phi) is 9.03. The molecular formula is C16H9F13O4. The van der Waals surface area contributed by atoms with E-state index in [9.17, 15) is 66.7 Å². The number of allylic oxidation sites excluding steroid dienone is 1. The first kappa shape index (κ1) is 30.1. The summed E-state index contributed by atoms with van der Waals surface area (Å²) in [6.07, 6.45) is -8.70. The number of hydrogen-bond acceptors (Lipinski definition) is 4. The highest BCUT2D eigenvalue weighted by Crippen LogP contribution is 2.60. The highest BCUT2D eigenvalue weighted by atomic mass is 19.4. The maximum Gasteiger partial charge on any atom is 0.460 e. The minimum absolute atomic E-state index is 0.289. The Morgan fingerprint density at radius 2 is 1.27 bits per heavy atom. The zero-order valence-corrected chi connectivity index (χ0v) is 15.4. The lowest BCUT2D eigenvalue weighted by Crippen LogP contribution is -2.70. The molecule has 0 aliphatic carbocycles. The van der Waals surface area contributed by atoms with E-state index in [-0.39, 0.29) is 6.08 Å². The first-order valence-electron chi connectivity index (χ1n) is 7.72. The molecule has 0 aromatic heterocycles. The maximum atomic E-state index is 13.5. The Morgan fingerprint density at radius 1 is 0.788 bits per heavy atom. The van der Waals surface area contributed by atoms with Crippen LogP contribution in [0, 0.1) is 11.8 Å². The Labute approximate surface area is 175 Å². The summed E-state index contributed by atoms with van der Waals surface area (Å²) in [6.45, 7) is 1.08. The second-order valence-electron chi connectivity index (χ2n) is 5.59. The Bertz CT molecular complexity index is 832.